The molecule has 0 bridgehead atoms. The van der Waals surface area contributed by atoms with Crippen LogP contribution in [0.1, 0.15) is 28.4 Å². The number of carbonyl (C=O) groups excluding carboxylic acids is 1. The fourth-order valence-electron chi connectivity index (χ4n) is 3.13. The smallest absolute Gasteiger partial charge is 0.200 e. The van der Waals surface area contributed by atoms with Gasteiger partial charge in [0.1, 0.15) is 5.75 Å². The SMILES string of the molecule is CCOc1ccc(C2=C(Sc3ccccc3)C(=O)c3ccccc32)cc1. The molecule has 0 spiro atoms. The van der Waals surface area contributed by atoms with E-state index < -0.39 is 0 Å². The van der Waals surface area contributed by atoms with Crippen LogP contribution >= 0.6 is 11.8 Å². The molecule has 0 saturated heterocycles. The van der Waals surface area contributed by atoms with E-state index in [2.05, 4.69) is 0 Å². The highest BCUT2D eigenvalue weighted by atomic mass is 32.2. The highest BCUT2D eigenvalue weighted by Crippen LogP contribution is 2.44. The molecule has 3 heteroatoms. The van der Waals surface area contributed by atoms with Crippen LogP contribution in [0.4, 0.5) is 0 Å². The quantitative estimate of drug-likeness (QED) is 0.574. The summed E-state index contributed by atoms with van der Waals surface area (Å²) in [6, 6.07) is 25.8. The summed E-state index contributed by atoms with van der Waals surface area (Å²) in [6.07, 6.45) is 0. The number of ketones is 1. The summed E-state index contributed by atoms with van der Waals surface area (Å²) in [5.41, 5.74) is 3.81. The van der Waals surface area contributed by atoms with Crippen LogP contribution in [0, 0.1) is 0 Å². The molecule has 0 heterocycles. The fourth-order valence-corrected chi connectivity index (χ4v) is 4.19. The number of rotatable bonds is 5. The highest BCUT2D eigenvalue weighted by molar-refractivity contribution is 8.04. The summed E-state index contributed by atoms with van der Waals surface area (Å²) in [7, 11) is 0. The van der Waals surface area contributed by atoms with E-state index in [4.69, 9.17) is 4.74 Å². The van der Waals surface area contributed by atoms with Gasteiger partial charge in [0.15, 0.2) is 0 Å². The minimum Gasteiger partial charge on any atom is -0.494 e. The number of benzene rings is 3. The van der Waals surface area contributed by atoms with Crippen molar-refractivity contribution in [3.63, 3.8) is 0 Å². The van der Waals surface area contributed by atoms with Gasteiger partial charge >= 0.3 is 0 Å². The van der Waals surface area contributed by atoms with Gasteiger partial charge in [0.05, 0.1) is 11.5 Å². The summed E-state index contributed by atoms with van der Waals surface area (Å²) in [4.78, 5) is 14.9. The normalized spacial score (nSPS) is 13.0. The second kappa shape index (κ2) is 7.22. The Morgan fingerprint density at radius 2 is 1.46 bits per heavy atom. The molecular weight excluding hydrogens is 340 g/mol. The summed E-state index contributed by atoms with van der Waals surface area (Å²) in [5, 5.41) is 0. The maximum absolute atomic E-state index is 13.1. The highest BCUT2D eigenvalue weighted by Gasteiger charge is 2.30. The molecular formula is C23H18O2S. The zero-order chi connectivity index (χ0) is 17.9. The summed E-state index contributed by atoms with van der Waals surface area (Å²) >= 11 is 1.53. The molecule has 0 radical (unpaired) electrons. The molecule has 3 aromatic rings. The number of carbonyl (C=O) groups is 1. The van der Waals surface area contributed by atoms with Crippen LogP contribution in [0.2, 0.25) is 0 Å². The Hall–Kier alpha value is -2.78. The maximum atomic E-state index is 13.1. The van der Waals surface area contributed by atoms with E-state index in [1.54, 1.807) is 0 Å². The Morgan fingerprint density at radius 3 is 2.15 bits per heavy atom. The minimum atomic E-state index is 0.0957. The van der Waals surface area contributed by atoms with Gasteiger partial charge in [0.2, 0.25) is 5.78 Å². The zero-order valence-corrected chi connectivity index (χ0v) is 15.3. The van der Waals surface area contributed by atoms with Crippen molar-refractivity contribution in [1.82, 2.24) is 0 Å². The molecule has 2 nitrogen and oxygen atoms in total. The van der Waals surface area contributed by atoms with E-state index in [-0.39, 0.29) is 5.78 Å². The molecule has 0 aliphatic heterocycles. The monoisotopic (exact) mass is 358 g/mol. The molecule has 0 N–H and O–H groups in total. The molecule has 1 aliphatic rings. The average Bonchev–Trinajstić information content (AvgIpc) is 2.96. The van der Waals surface area contributed by atoms with Crippen LogP contribution in [-0.2, 0) is 0 Å². The zero-order valence-electron chi connectivity index (χ0n) is 14.4. The molecule has 0 amide bonds. The topological polar surface area (TPSA) is 26.3 Å². The first-order valence-corrected chi connectivity index (χ1v) is 9.44. The molecule has 3 aromatic carbocycles. The van der Waals surface area contributed by atoms with Gasteiger partial charge in [-0.3, -0.25) is 4.79 Å². The third-order valence-corrected chi connectivity index (χ3v) is 5.39. The lowest BCUT2D eigenvalue weighted by Crippen LogP contribution is -1.95. The third kappa shape index (κ3) is 3.06. The molecule has 0 saturated carbocycles. The van der Waals surface area contributed by atoms with Gasteiger partial charge in [-0.25, -0.2) is 0 Å². The van der Waals surface area contributed by atoms with Crippen molar-refractivity contribution >= 4 is 23.1 Å². The van der Waals surface area contributed by atoms with Crippen LogP contribution in [-0.4, -0.2) is 12.4 Å². The number of fused-ring (bicyclic) bond motifs is 1. The molecule has 4 rings (SSSR count). The van der Waals surface area contributed by atoms with E-state index >= 15 is 0 Å². The van der Waals surface area contributed by atoms with Crippen molar-refractivity contribution in [2.45, 2.75) is 11.8 Å². The van der Waals surface area contributed by atoms with Gasteiger partial charge in [0.25, 0.3) is 0 Å². The first kappa shape index (κ1) is 16.7. The van der Waals surface area contributed by atoms with Gasteiger partial charge in [-0.1, -0.05) is 66.4 Å². The van der Waals surface area contributed by atoms with Crippen molar-refractivity contribution in [1.29, 1.82) is 0 Å². The number of hydrogen-bond donors (Lipinski definition) is 0. The van der Waals surface area contributed by atoms with Crippen LogP contribution in [0.3, 0.4) is 0 Å². The number of Topliss-reactive ketones (excluding diaryl/α,β-unsaturated/α-hetero) is 1. The number of hydrogen-bond acceptors (Lipinski definition) is 3. The Kier molecular flexibility index (Phi) is 4.63. The van der Waals surface area contributed by atoms with Crippen molar-refractivity contribution < 1.29 is 9.53 Å². The van der Waals surface area contributed by atoms with Crippen LogP contribution in [0.15, 0.2) is 88.7 Å². The van der Waals surface area contributed by atoms with Crippen LogP contribution in [0.25, 0.3) is 5.57 Å². The fraction of sp³-hybridized carbons (Fsp3) is 0.0870. The molecule has 0 aromatic heterocycles. The Morgan fingerprint density at radius 1 is 0.808 bits per heavy atom. The first-order valence-electron chi connectivity index (χ1n) is 8.62. The van der Waals surface area contributed by atoms with Crippen LogP contribution < -0.4 is 4.74 Å². The summed E-state index contributed by atoms with van der Waals surface area (Å²) in [5.74, 6) is 0.935. The van der Waals surface area contributed by atoms with Gasteiger partial charge < -0.3 is 4.74 Å². The summed E-state index contributed by atoms with van der Waals surface area (Å²) in [6.45, 7) is 2.61. The molecule has 0 unspecified atom stereocenters. The Balaban J connectivity index is 1.82. The standard InChI is InChI=1S/C23H18O2S/c1-2-25-17-14-12-16(13-15-17)21-19-10-6-7-11-20(19)22(24)23(21)26-18-8-4-3-5-9-18/h3-15H,2H2,1H3. The molecule has 0 atom stereocenters. The van der Waals surface area contributed by atoms with E-state index in [1.165, 1.54) is 11.8 Å². The van der Waals surface area contributed by atoms with Gasteiger partial charge in [-0.2, -0.15) is 0 Å². The molecule has 1 aliphatic carbocycles. The van der Waals surface area contributed by atoms with Gasteiger partial charge in [-0.05, 0) is 42.3 Å². The predicted molar refractivity (Wildman–Crippen MR) is 107 cm³/mol. The average molecular weight is 358 g/mol. The van der Waals surface area contributed by atoms with Crippen molar-refractivity contribution in [2.24, 2.45) is 0 Å². The molecule has 0 fully saturated rings. The maximum Gasteiger partial charge on any atom is 0.200 e. The van der Waals surface area contributed by atoms with Crippen LogP contribution in [0.5, 0.6) is 5.75 Å². The second-order valence-corrected chi connectivity index (χ2v) is 7.04. The van der Waals surface area contributed by atoms with E-state index in [0.29, 0.717) is 6.61 Å². The Bertz CT molecular complexity index is 973. The van der Waals surface area contributed by atoms with Crippen molar-refractivity contribution in [3.05, 3.63) is 100 Å². The molecule has 26 heavy (non-hydrogen) atoms. The van der Waals surface area contributed by atoms with Gasteiger partial charge in [0, 0.05) is 16.0 Å². The Labute approximate surface area is 157 Å². The second-order valence-electron chi connectivity index (χ2n) is 5.95. The van der Waals surface area contributed by atoms with Crippen molar-refractivity contribution in [3.8, 4) is 5.75 Å². The lowest BCUT2D eigenvalue weighted by atomic mass is 9.99. The number of allylic oxidation sites excluding steroid dienone is 1. The lowest BCUT2D eigenvalue weighted by molar-refractivity contribution is 0.104. The first-order chi connectivity index (χ1) is 12.8. The number of thioether (sulfide) groups is 1. The lowest BCUT2D eigenvalue weighted by Gasteiger charge is -2.09. The minimum absolute atomic E-state index is 0.0957. The summed E-state index contributed by atoms with van der Waals surface area (Å²) < 4.78 is 5.55. The largest absolute Gasteiger partial charge is 0.494 e. The van der Waals surface area contributed by atoms with E-state index in [9.17, 15) is 4.79 Å². The van der Waals surface area contributed by atoms with Crippen molar-refractivity contribution in [2.75, 3.05) is 6.61 Å². The predicted octanol–water partition coefficient (Wildman–Crippen LogP) is 5.83. The molecule has 128 valence electrons. The number of ether oxygens (including phenoxy) is 1. The van der Waals surface area contributed by atoms with E-state index in [1.807, 2.05) is 85.8 Å². The van der Waals surface area contributed by atoms with Gasteiger partial charge in [-0.15, -0.1) is 0 Å². The van der Waals surface area contributed by atoms with E-state index in [0.717, 1.165) is 37.8 Å². The third-order valence-electron chi connectivity index (χ3n) is 4.29.